The summed E-state index contributed by atoms with van der Waals surface area (Å²) >= 11 is 3.37. The highest BCUT2D eigenvalue weighted by molar-refractivity contribution is 9.10. The van der Waals surface area contributed by atoms with Crippen LogP contribution in [0, 0.1) is 0 Å². The Hall–Kier alpha value is -1.07. The number of hydrogen-bond donors (Lipinski definition) is 1. The summed E-state index contributed by atoms with van der Waals surface area (Å²) in [6.45, 7) is 1.16. The molecule has 1 heterocycles. The lowest BCUT2D eigenvalue weighted by Crippen LogP contribution is -2.30. The molecule has 1 aliphatic rings. The molecule has 1 aromatic carbocycles. The van der Waals surface area contributed by atoms with Gasteiger partial charge in [-0.05, 0) is 12.1 Å². The smallest absolute Gasteiger partial charge is 0.327 e. The molecular formula is C11H12BrNO3. The average molecular weight is 286 g/mol. The summed E-state index contributed by atoms with van der Waals surface area (Å²) < 4.78 is 11.2. The number of ether oxygens (including phenoxy) is 2. The van der Waals surface area contributed by atoms with Gasteiger partial charge in [-0.25, -0.2) is 4.79 Å². The number of nitrogens with one attached hydrogen (secondary N) is 1. The molecular weight excluding hydrogens is 274 g/mol. The Morgan fingerprint density at radius 1 is 1.62 bits per heavy atom. The maximum absolute atomic E-state index is 11.6. The van der Waals surface area contributed by atoms with Gasteiger partial charge >= 0.3 is 5.97 Å². The van der Waals surface area contributed by atoms with Crippen molar-refractivity contribution >= 4 is 21.9 Å². The van der Waals surface area contributed by atoms with Gasteiger partial charge in [-0.15, -0.1) is 0 Å². The Bertz CT molecular complexity index is 408. The van der Waals surface area contributed by atoms with Crippen LogP contribution in [0.15, 0.2) is 22.7 Å². The van der Waals surface area contributed by atoms with E-state index in [1.165, 1.54) is 7.11 Å². The van der Waals surface area contributed by atoms with Gasteiger partial charge < -0.3 is 9.47 Å². The van der Waals surface area contributed by atoms with E-state index in [-0.39, 0.29) is 5.97 Å². The SMILES string of the molecule is COC(=O)C1NCCOc2cc(Br)ccc21. The third kappa shape index (κ3) is 2.20. The summed E-state index contributed by atoms with van der Waals surface area (Å²) in [6.07, 6.45) is 0. The van der Waals surface area contributed by atoms with E-state index >= 15 is 0 Å². The van der Waals surface area contributed by atoms with Crippen molar-refractivity contribution < 1.29 is 14.3 Å². The Morgan fingerprint density at radius 3 is 3.19 bits per heavy atom. The Labute approximate surface area is 102 Å². The zero-order valence-electron chi connectivity index (χ0n) is 8.83. The predicted octanol–water partition coefficient (Wildman–Crippen LogP) is 1.65. The molecule has 0 aromatic heterocycles. The van der Waals surface area contributed by atoms with E-state index < -0.39 is 6.04 Å². The lowest BCUT2D eigenvalue weighted by Gasteiger charge is -2.15. The molecule has 0 spiro atoms. The Kier molecular flexibility index (Phi) is 3.46. The van der Waals surface area contributed by atoms with Crippen LogP contribution in [0.5, 0.6) is 5.75 Å². The zero-order chi connectivity index (χ0) is 11.5. The van der Waals surface area contributed by atoms with E-state index in [4.69, 9.17) is 9.47 Å². The number of carbonyl (C=O) groups excluding carboxylic acids is 1. The van der Waals surface area contributed by atoms with Gasteiger partial charge in [0.2, 0.25) is 0 Å². The van der Waals surface area contributed by atoms with Gasteiger partial charge in [0.15, 0.2) is 0 Å². The van der Waals surface area contributed by atoms with E-state index in [1.807, 2.05) is 18.2 Å². The highest BCUT2D eigenvalue weighted by Gasteiger charge is 2.26. The van der Waals surface area contributed by atoms with Crippen LogP contribution in [0.3, 0.4) is 0 Å². The molecule has 0 bridgehead atoms. The Morgan fingerprint density at radius 2 is 2.44 bits per heavy atom. The molecule has 0 amide bonds. The minimum absolute atomic E-state index is 0.297. The topological polar surface area (TPSA) is 47.6 Å². The fourth-order valence-corrected chi connectivity index (χ4v) is 2.01. The van der Waals surface area contributed by atoms with Gasteiger partial charge in [0, 0.05) is 16.6 Å². The van der Waals surface area contributed by atoms with Gasteiger partial charge in [0.25, 0.3) is 0 Å². The summed E-state index contributed by atoms with van der Waals surface area (Å²) in [7, 11) is 1.38. The van der Waals surface area contributed by atoms with Crippen molar-refractivity contribution in [2.75, 3.05) is 20.3 Å². The molecule has 16 heavy (non-hydrogen) atoms. The molecule has 0 saturated heterocycles. The maximum atomic E-state index is 11.6. The van der Waals surface area contributed by atoms with Crippen LogP contribution in [0.4, 0.5) is 0 Å². The number of esters is 1. The first-order valence-corrected chi connectivity index (χ1v) is 5.75. The highest BCUT2D eigenvalue weighted by atomic mass is 79.9. The summed E-state index contributed by atoms with van der Waals surface area (Å²) in [5.41, 5.74) is 0.813. The molecule has 2 rings (SSSR count). The lowest BCUT2D eigenvalue weighted by atomic mass is 10.1. The first kappa shape index (κ1) is 11.4. The molecule has 1 atom stereocenters. The number of rotatable bonds is 1. The van der Waals surface area contributed by atoms with Gasteiger partial charge in [0.05, 0.1) is 7.11 Å². The lowest BCUT2D eigenvalue weighted by molar-refractivity contribution is -0.143. The third-order valence-electron chi connectivity index (χ3n) is 2.43. The predicted molar refractivity (Wildman–Crippen MR) is 62.4 cm³/mol. The number of hydrogen-bond acceptors (Lipinski definition) is 4. The summed E-state index contributed by atoms with van der Waals surface area (Å²) in [6, 6.07) is 5.15. The third-order valence-corrected chi connectivity index (χ3v) is 2.92. The van der Waals surface area contributed by atoms with E-state index in [1.54, 1.807) is 0 Å². The molecule has 4 nitrogen and oxygen atoms in total. The largest absolute Gasteiger partial charge is 0.492 e. The molecule has 0 radical (unpaired) electrons. The fourth-order valence-electron chi connectivity index (χ4n) is 1.67. The van der Waals surface area contributed by atoms with Crippen LogP contribution in [0.1, 0.15) is 11.6 Å². The van der Waals surface area contributed by atoms with Crippen LogP contribution in [0.25, 0.3) is 0 Å². The van der Waals surface area contributed by atoms with Crippen LogP contribution in [-0.2, 0) is 9.53 Å². The first-order valence-electron chi connectivity index (χ1n) is 4.96. The molecule has 1 N–H and O–H groups in total. The second-order valence-electron chi connectivity index (χ2n) is 3.44. The number of halogens is 1. The molecule has 0 aliphatic carbocycles. The van der Waals surface area contributed by atoms with Gasteiger partial charge in [-0.3, -0.25) is 5.32 Å². The highest BCUT2D eigenvalue weighted by Crippen LogP contribution is 2.30. The maximum Gasteiger partial charge on any atom is 0.327 e. The van der Waals surface area contributed by atoms with Crippen molar-refractivity contribution in [1.29, 1.82) is 0 Å². The minimum Gasteiger partial charge on any atom is -0.492 e. The first-order chi connectivity index (χ1) is 7.72. The monoisotopic (exact) mass is 285 g/mol. The van der Waals surface area contributed by atoms with E-state index in [9.17, 15) is 4.79 Å². The normalized spacial score (nSPS) is 19.2. The van der Waals surface area contributed by atoms with Crippen LogP contribution in [0.2, 0.25) is 0 Å². The molecule has 1 unspecified atom stereocenters. The van der Waals surface area contributed by atoms with Crippen molar-refractivity contribution in [3.8, 4) is 5.75 Å². The van der Waals surface area contributed by atoms with Crippen LogP contribution in [-0.4, -0.2) is 26.2 Å². The molecule has 1 aliphatic heterocycles. The minimum atomic E-state index is -0.449. The molecule has 86 valence electrons. The van der Waals surface area contributed by atoms with E-state index in [0.29, 0.717) is 13.2 Å². The standard InChI is InChI=1S/C11H12BrNO3/c1-15-11(14)10-8-3-2-7(12)6-9(8)16-5-4-13-10/h2-3,6,10,13H,4-5H2,1H3. The van der Waals surface area contributed by atoms with E-state index in [0.717, 1.165) is 15.8 Å². The average Bonchev–Trinajstić information content (AvgIpc) is 2.49. The molecule has 5 heteroatoms. The Balaban J connectivity index is 2.40. The molecule has 1 aromatic rings. The summed E-state index contributed by atoms with van der Waals surface area (Å²) in [5, 5.41) is 3.09. The second-order valence-corrected chi connectivity index (χ2v) is 4.36. The molecule has 0 fully saturated rings. The van der Waals surface area contributed by atoms with E-state index in [2.05, 4.69) is 21.2 Å². The summed E-state index contributed by atoms with van der Waals surface area (Å²) in [4.78, 5) is 11.6. The second kappa shape index (κ2) is 4.84. The van der Waals surface area contributed by atoms with Gasteiger partial charge in [0.1, 0.15) is 18.4 Å². The quantitative estimate of drug-likeness (QED) is 0.797. The number of methoxy groups -OCH3 is 1. The molecule has 0 saturated carbocycles. The number of fused-ring (bicyclic) bond motifs is 1. The van der Waals surface area contributed by atoms with Crippen LogP contribution >= 0.6 is 15.9 Å². The fraction of sp³-hybridized carbons (Fsp3) is 0.364. The van der Waals surface area contributed by atoms with Crippen LogP contribution < -0.4 is 10.1 Å². The van der Waals surface area contributed by atoms with Crippen molar-refractivity contribution in [1.82, 2.24) is 5.32 Å². The van der Waals surface area contributed by atoms with Crippen molar-refractivity contribution in [3.05, 3.63) is 28.2 Å². The van der Waals surface area contributed by atoms with Crippen molar-refractivity contribution in [3.63, 3.8) is 0 Å². The van der Waals surface area contributed by atoms with Gasteiger partial charge in [-0.1, -0.05) is 22.0 Å². The number of benzene rings is 1. The number of carbonyl (C=O) groups is 1. The zero-order valence-corrected chi connectivity index (χ0v) is 10.4. The van der Waals surface area contributed by atoms with Gasteiger partial charge in [-0.2, -0.15) is 0 Å². The summed E-state index contributed by atoms with van der Waals surface area (Å²) in [5.74, 6) is 0.420. The van der Waals surface area contributed by atoms with Crippen molar-refractivity contribution in [2.45, 2.75) is 6.04 Å². The van der Waals surface area contributed by atoms with Crippen molar-refractivity contribution in [2.24, 2.45) is 0 Å².